The Kier molecular flexibility index (Phi) is 10.5. The molecule has 4 heterocycles. The van der Waals surface area contributed by atoms with Crippen LogP contribution in [0, 0.1) is 23.2 Å². The highest BCUT2D eigenvalue weighted by molar-refractivity contribution is 6.47. The molecule has 8 atom stereocenters. The number of carbonyl (C=O) groups is 3. The lowest BCUT2D eigenvalue weighted by molar-refractivity contribution is -0.199. The Hall–Kier alpha value is -4.95. The lowest BCUT2D eigenvalue weighted by Crippen LogP contribution is -2.65. The van der Waals surface area contributed by atoms with Crippen LogP contribution >= 0.6 is 0 Å². The minimum absolute atomic E-state index is 0.0329. The van der Waals surface area contributed by atoms with Crippen LogP contribution in [0.4, 0.5) is 4.79 Å². The Morgan fingerprint density at radius 2 is 1.79 bits per heavy atom. The molecule has 2 N–H and O–H groups in total. The standard InChI is InChI=1S/C43H53BN6O7/c1-7-36(44-56-35-20-28-19-34(42(28,4)5)43(35,6)57-44)47-39(51)32-21-29(55-33-22-37(49-18-17-45-25-49)46-31-16-12-11-15-30(31)33)23-50(32)40(52)38(26(2)3)48-41(53)54-24-27-13-9-8-10-14-27/h8-18,22,25-26,28-29,32,34-36,38H,7,19-21,23-24H2,1-6H3,(H,47,51)(H,48,53)/t28-,29+,32-,34-,35?,36-,38-,43-/m0/s1. The molecule has 2 aromatic carbocycles. The van der Waals surface area contributed by atoms with Crippen LogP contribution in [0.1, 0.15) is 72.8 Å². The van der Waals surface area contributed by atoms with Gasteiger partial charge in [-0.05, 0) is 67.1 Å². The van der Waals surface area contributed by atoms with Gasteiger partial charge in [-0.2, -0.15) is 0 Å². The van der Waals surface area contributed by atoms with Gasteiger partial charge in [-0.3, -0.25) is 14.2 Å². The molecule has 0 spiro atoms. The quantitative estimate of drug-likeness (QED) is 0.169. The largest absolute Gasteiger partial charge is 0.488 e. The Bertz CT molecular complexity index is 2100. The van der Waals surface area contributed by atoms with E-state index in [9.17, 15) is 14.4 Å². The van der Waals surface area contributed by atoms with E-state index in [-0.39, 0.29) is 42.9 Å². The van der Waals surface area contributed by atoms with Gasteiger partial charge >= 0.3 is 13.2 Å². The van der Waals surface area contributed by atoms with Crippen LogP contribution in [-0.2, 0) is 30.2 Å². The molecule has 5 aliphatic rings. The van der Waals surface area contributed by atoms with Gasteiger partial charge in [0.2, 0.25) is 11.8 Å². The average molecular weight is 777 g/mol. The van der Waals surface area contributed by atoms with E-state index < -0.39 is 48.8 Å². The van der Waals surface area contributed by atoms with E-state index in [4.69, 9.17) is 23.8 Å². The maximum atomic E-state index is 14.6. The van der Waals surface area contributed by atoms with Crippen molar-refractivity contribution in [1.29, 1.82) is 0 Å². The summed E-state index contributed by atoms with van der Waals surface area (Å²) in [6, 6.07) is 17.0. The summed E-state index contributed by atoms with van der Waals surface area (Å²) in [5.74, 6) is 0.700. The minimum Gasteiger partial charge on any atom is -0.488 e. The first kappa shape index (κ1) is 38.9. The highest BCUT2D eigenvalue weighted by Gasteiger charge is 2.68. The number of benzene rings is 2. The summed E-state index contributed by atoms with van der Waals surface area (Å²) in [6.45, 7) is 12.7. The van der Waals surface area contributed by atoms with Gasteiger partial charge in [-0.1, -0.05) is 77.1 Å². The van der Waals surface area contributed by atoms with Crippen molar-refractivity contribution < 1.29 is 33.2 Å². The zero-order valence-electron chi connectivity index (χ0n) is 33.6. The molecule has 3 amide bonds. The molecule has 2 saturated heterocycles. The first-order chi connectivity index (χ1) is 27.3. The fourth-order valence-electron chi connectivity index (χ4n) is 9.61. The molecule has 2 aliphatic heterocycles. The number of hydrogen-bond donors (Lipinski definition) is 2. The number of imidazole rings is 1. The van der Waals surface area contributed by atoms with E-state index >= 15 is 0 Å². The summed E-state index contributed by atoms with van der Waals surface area (Å²) in [6.07, 6.45) is 6.71. The van der Waals surface area contributed by atoms with E-state index in [0.29, 0.717) is 29.8 Å². The van der Waals surface area contributed by atoms with Crippen molar-refractivity contribution in [3.8, 4) is 11.6 Å². The number of pyridine rings is 1. The van der Waals surface area contributed by atoms with Gasteiger partial charge in [0.05, 0.1) is 29.7 Å². The third kappa shape index (κ3) is 7.38. The van der Waals surface area contributed by atoms with Crippen molar-refractivity contribution in [2.24, 2.45) is 23.2 Å². The van der Waals surface area contributed by atoms with E-state index in [1.54, 1.807) is 22.0 Å². The molecule has 13 nitrogen and oxygen atoms in total. The molecular formula is C43H53BN6O7. The van der Waals surface area contributed by atoms with E-state index in [1.807, 2.05) is 87.6 Å². The molecule has 5 fully saturated rings. The van der Waals surface area contributed by atoms with Crippen molar-refractivity contribution in [2.75, 3.05) is 6.54 Å². The molecule has 3 aliphatic carbocycles. The third-order valence-electron chi connectivity index (χ3n) is 13.1. The number of ether oxygens (including phenoxy) is 2. The van der Waals surface area contributed by atoms with Gasteiger partial charge in [0.25, 0.3) is 0 Å². The maximum absolute atomic E-state index is 14.6. The number of carbonyl (C=O) groups excluding carboxylic acids is 3. The molecular weight excluding hydrogens is 723 g/mol. The van der Waals surface area contributed by atoms with Crippen LogP contribution in [0.3, 0.4) is 0 Å². The second-order valence-corrected chi connectivity index (χ2v) is 17.2. The highest BCUT2D eigenvalue weighted by atomic mass is 16.7. The molecule has 1 unspecified atom stereocenters. The molecule has 3 saturated carbocycles. The zero-order chi connectivity index (χ0) is 40.1. The van der Waals surface area contributed by atoms with Crippen molar-refractivity contribution in [3.63, 3.8) is 0 Å². The van der Waals surface area contributed by atoms with E-state index in [1.165, 1.54) is 0 Å². The summed E-state index contributed by atoms with van der Waals surface area (Å²) >= 11 is 0. The maximum Gasteiger partial charge on any atom is 0.481 e. The molecule has 0 radical (unpaired) electrons. The van der Waals surface area contributed by atoms with Crippen molar-refractivity contribution in [2.45, 2.75) is 110 Å². The number of rotatable bonds is 12. The Morgan fingerprint density at radius 1 is 1.02 bits per heavy atom. The first-order valence-corrected chi connectivity index (χ1v) is 20.3. The van der Waals surface area contributed by atoms with Gasteiger partial charge in [0.15, 0.2) is 0 Å². The van der Waals surface area contributed by atoms with Crippen molar-refractivity contribution in [1.82, 2.24) is 30.1 Å². The molecule has 2 bridgehead atoms. The van der Waals surface area contributed by atoms with E-state index in [0.717, 1.165) is 29.3 Å². The van der Waals surface area contributed by atoms with Crippen molar-refractivity contribution >= 4 is 35.9 Å². The second kappa shape index (κ2) is 15.4. The lowest BCUT2D eigenvalue weighted by atomic mass is 9.43. The third-order valence-corrected chi connectivity index (χ3v) is 13.1. The topological polar surface area (TPSA) is 146 Å². The number of hydrogen-bond acceptors (Lipinski definition) is 9. The number of alkyl carbamates (subject to hydrolysis) is 1. The second-order valence-electron chi connectivity index (χ2n) is 17.2. The number of aromatic nitrogens is 3. The Balaban J connectivity index is 1.04. The van der Waals surface area contributed by atoms with Crippen LogP contribution in [0.2, 0.25) is 0 Å². The van der Waals surface area contributed by atoms with Crippen LogP contribution in [-0.4, -0.2) is 86.8 Å². The molecule has 9 rings (SSSR count). The number of fused-ring (bicyclic) bond motifs is 1. The predicted molar refractivity (Wildman–Crippen MR) is 214 cm³/mol. The van der Waals surface area contributed by atoms with Gasteiger partial charge in [0, 0.05) is 30.3 Å². The molecule has 4 aromatic rings. The van der Waals surface area contributed by atoms with Crippen LogP contribution in [0.25, 0.3) is 16.7 Å². The summed E-state index contributed by atoms with van der Waals surface area (Å²) in [7, 11) is -0.615. The number of para-hydroxylation sites is 1. The SMILES string of the molecule is CC[C@H](NC(=O)[C@@H]1C[C@@H](Oc2cc(-n3ccnc3)nc3ccccc23)CN1C(=O)[C@@H](NC(=O)OCc1ccccc1)C(C)C)B1OC2C[C@@H]3C[C@@H](C3(C)C)[C@]2(C)O1. The van der Waals surface area contributed by atoms with Crippen LogP contribution < -0.4 is 15.4 Å². The summed E-state index contributed by atoms with van der Waals surface area (Å²) in [5, 5.41) is 6.83. The molecule has 57 heavy (non-hydrogen) atoms. The summed E-state index contributed by atoms with van der Waals surface area (Å²) < 4.78 is 27.4. The van der Waals surface area contributed by atoms with Crippen LogP contribution in [0.5, 0.6) is 5.75 Å². The summed E-state index contributed by atoms with van der Waals surface area (Å²) in [4.78, 5) is 52.8. The van der Waals surface area contributed by atoms with Crippen LogP contribution in [0.15, 0.2) is 79.4 Å². The first-order valence-electron chi connectivity index (χ1n) is 20.3. The number of likely N-dealkylation sites (tertiary alicyclic amines) is 1. The molecule has 14 heteroatoms. The summed E-state index contributed by atoms with van der Waals surface area (Å²) in [5.41, 5.74) is 1.31. The van der Waals surface area contributed by atoms with Crippen molar-refractivity contribution in [3.05, 3.63) is 84.9 Å². The monoisotopic (exact) mass is 776 g/mol. The number of nitrogens with zero attached hydrogens (tertiary/aromatic N) is 4. The Labute approximate surface area is 334 Å². The number of amides is 3. The average Bonchev–Trinajstić information content (AvgIpc) is 3.97. The van der Waals surface area contributed by atoms with Gasteiger partial charge in [-0.25, -0.2) is 14.8 Å². The van der Waals surface area contributed by atoms with E-state index in [2.05, 4.69) is 36.4 Å². The lowest BCUT2D eigenvalue weighted by Gasteiger charge is -2.64. The van der Waals surface area contributed by atoms with Gasteiger partial charge in [-0.15, -0.1) is 0 Å². The molecule has 300 valence electrons. The number of nitrogens with one attached hydrogen (secondary N) is 2. The zero-order valence-corrected chi connectivity index (χ0v) is 33.6. The highest BCUT2D eigenvalue weighted by Crippen LogP contribution is 2.65. The fourth-order valence-corrected chi connectivity index (χ4v) is 9.61. The Morgan fingerprint density at radius 3 is 2.51 bits per heavy atom. The predicted octanol–water partition coefficient (Wildman–Crippen LogP) is 5.88. The minimum atomic E-state index is -0.960. The smallest absolute Gasteiger partial charge is 0.481 e. The fraction of sp³-hybridized carbons (Fsp3) is 0.512. The normalized spacial score (nSPS) is 27.0. The molecule has 2 aromatic heterocycles. The van der Waals surface area contributed by atoms with Gasteiger partial charge < -0.3 is 34.3 Å². The van der Waals surface area contributed by atoms with Gasteiger partial charge in [0.1, 0.15) is 42.7 Å².